The zero-order valence-corrected chi connectivity index (χ0v) is 17.6. The van der Waals surface area contributed by atoms with Crippen molar-refractivity contribution in [1.29, 1.82) is 0 Å². The highest BCUT2D eigenvalue weighted by Crippen LogP contribution is 2.39. The van der Waals surface area contributed by atoms with E-state index in [-0.39, 0.29) is 11.6 Å². The van der Waals surface area contributed by atoms with Gasteiger partial charge in [-0.25, -0.2) is 4.79 Å². The number of carbonyl (C=O) groups excluding carboxylic acids is 1. The van der Waals surface area contributed by atoms with Crippen LogP contribution >= 0.6 is 23.2 Å². The van der Waals surface area contributed by atoms with E-state index in [4.69, 9.17) is 28.3 Å². The zero-order valence-electron chi connectivity index (χ0n) is 16.0. The Balaban J connectivity index is 1.96. The highest BCUT2D eigenvalue weighted by molar-refractivity contribution is 6.33. The number of fused-ring (bicyclic) bond motifs is 1. The van der Waals surface area contributed by atoms with Crippen LogP contribution in [0.4, 0.5) is 4.79 Å². The van der Waals surface area contributed by atoms with Gasteiger partial charge in [0.2, 0.25) is 0 Å². The van der Waals surface area contributed by atoms with Gasteiger partial charge in [-0.2, -0.15) is 9.78 Å². The molecule has 1 aliphatic heterocycles. The first-order chi connectivity index (χ1) is 13.3. The minimum atomic E-state index is -0.272. The number of rotatable bonds is 2. The van der Waals surface area contributed by atoms with Gasteiger partial charge in [0, 0.05) is 34.7 Å². The van der Waals surface area contributed by atoms with E-state index in [2.05, 4.69) is 0 Å². The van der Waals surface area contributed by atoms with E-state index in [0.29, 0.717) is 22.3 Å². The van der Waals surface area contributed by atoms with E-state index >= 15 is 0 Å². The van der Waals surface area contributed by atoms with Gasteiger partial charge in [-0.05, 0) is 44.5 Å². The van der Waals surface area contributed by atoms with Crippen molar-refractivity contribution in [3.8, 4) is 22.4 Å². The lowest BCUT2D eigenvalue weighted by Crippen LogP contribution is -2.51. The smallest absolute Gasteiger partial charge is 0.318 e. The van der Waals surface area contributed by atoms with Crippen LogP contribution in [0.1, 0.15) is 26.5 Å². The summed E-state index contributed by atoms with van der Waals surface area (Å²) in [5.41, 5.74) is 4.07. The Morgan fingerprint density at radius 3 is 2.32 bits per heavy atom. The molecule has 0 atom stereocenters. The van der Waals surface area contributed by atoms with Gasteiger partial charge in [0.1, 0.15) is 5.69 Å². The van der Waals surface area contributed by atoms with Gasteiger partial charge in [0.25, 0.3) is 0 Å². The third kappa shape index (κ3) is 3.21. The maximum absolute atomic E-state index is 13.2. The number of hydrogen-bond donors (Lipinski definition) is 0. The van der Waals surface area contributed by atoms with Gasteiger partial charge in [-0.1, -0.05) is 53.5 Å². The summed E-state index contributed by atoms with van der Waals surface area (Å²) in [4.78, 5) is 15.1. The summed E-state index contributed by atoms with van der Waals surface area (Å²) < 4.78 is 1.54. The van der Waals surface area contributed by atoms with Gasteiger partial charge in [0.05, 0.1) is 10.7 Å². The van der Waals surface area contributed by atoms with Crippen LogP contribution in [0.2, 0.25) is 10.0 Å². The number of carbonyl (C=O) groups is 1. The van der Waals surface area contributed by atoms with Gasteiger partial charge < -0.3 is 4.90 Å². The first-order valence-corrected chi connectivity index (χ1v) is 9.97. The molecule has 2 aromatic carbocycles. The summed E-state index contributed by atoms with van der Waals surface area (Å²) in [5, 5.41) is 6.00. The van der Waals surface area contributed by atoms with E-state index in [1.807, 2.05) is 74.2 Å². The van der Waals surface area contributed by atoms with E-state index in [1.54, 1.807) is 0 Å². The number of hydrogen-bond acceptors (Lipinski definition) is 2. The molecule has 6 heteroatoms. The van der Waals surface area contributed by atoms with Crippen molar-refractivity contribution in [2.45, 2.75) is 32.7 Å². The number of halogens is 2. The van der Waals surface area contributed by atoms with E-state index < -0.39 is 0 Å². The van der Waals surface area contributed by atoms with Crippen LogP contribution in [0.3, 0.4) is 0 Å². The van der Waals surface area contributed by atoms with Crippen molar-refractivity contribution in [1.82, 2.24) is 14.7 Å². The number of benzene rings is 2. The Hall–Kier alpha value is -2.30. The first-order valence-electron chi connectivity index (χ1n) is 9.22. The molecule has 2 heterocycles. The molecule has 0 unspecified atom stereocenters. The topological polar surface area (TPSA) is 38.1 Å². The molecule has 0 saturated heterocycles. The molecule has 0 N–H and O–H groups in total. The monoisotopic (exact) mass is 413 g/mol. The SMILES string of the molecule is CC(C)(C)N1CCc2c(-c3ccc(Cl)cc3)c(-c3ccccc3Cl)nn2C1=O. The summed E-state index contributed by atoms with van der Waals surface area (Å²) in [6, 6.07) is 15.1. The van der Waals surface area contributed by atoms with Crippen LogP contribution in [-0.4, -0.2) is 32.8 Å². The molecule has 1 aromatic heterocycles. The summed E-state index contributed by atoms with van der Waals surface area (Å²) in [6.45, 7) is 6.76. The Labute approximate surface area is 174 Å². The zero-order chi connectivity index (χ0) is 20.1. The number of aromatic nitrogens is 2. The molecule has 4 nitrogen and oxygen atoms in total. The van der Waals surface area contributed by atoms with Crippen molar-refractivity contribution in [2.24, 2.45) is 0 Å². The van der Waals surface area contributed by atoms with Gasteiger partial charge in [-0.15, -0.1) is 0 Å². The van der Waals surface area contributed by atoms with Crippen molar-refractivity contribution >= 4 is 29.2 Å². The van der Waals surface area contributed by atoms with E-state index in [9.17, 15) is 4.79 Å². The molecule has 4 rings (SSSR count). The second-order valence-corrected chi connectivity index (χ2v) is 8.77. The maximum atomic E-state index is 13.2. The minimum absolute atomic E-state index is 0.109. The van der Waals surface area contributed by atoms with Gasteiger partial charge in [0.15, 0.2) is 0 Å². The molecule has 0 fully saturated rings. The third-order valence-electron chi connectivity index (χ3n) is 5.04. The lowest BCUT2D eigenvalue weighted by molar-refractivity contribution is 0.135. The first kappa shape index (κ1) is 19.0. The van der Waals surface area contributed by atoms with Crippen LogP contribution in [0.15, 0.2) is 48.5 Å². The van der Waals surface area contributed by atoms with Gasteiger partial charge >= 0.3 is 6.03 Å². The van der Waals surface area contributed by atoms with Crippen LogP contribution in [0.25, 0.3) is 22.4 Å². The Bertz CT molecular complexity index is 1050. The van der Waals surface area contributed by atoms with E-state index in [1.165, 1.54) is 4.68 Å². The fourth-order valence-electron chi connectivity index (χ4n) is 3.65. The third-order valence-corrected chi connectivity index (χ3v) is 5.62. The summed E-state index contributed by atoms with van der Waals surface area (Å²) in [7, 11) is 0. The lowest BCUT2D eigenvalue weighted by atomic mass is 9.96. The molecule has 144 valence electrons. The largest absolute Gasteiger partial charge is 0.345 e. The van der Waals surface area contributed by atoms with Gasteiger partial charge in [-0.3, -0.25) is 0 Å². The summed E-state index contributed by atoms with van der Waals surface area (Å²) in [6.07, 6.45) is 0.721. The molecule has 0 bridgehead atoms. The molecule has 0 radical (unpaired) electrons. The van der Waals surface area contributed by atoms with Crippen molar-refractivity contribution in [3.63, 3.8) is 0 Å². The maximum Gasteiger partial charge on any atom is 0.345 e. The molecule has 0 saturated carbocycles. The Morgan fingerprint density at radius 2 is 1.68 bits per heavy atom. The fraction of sp³-hybridized carbons (Fsp3) is 0.273. The van der Waals surface area contributed by atoms with Crippen LogP contribution < -0.4 is 0 Å². The fourth-order valence-corrected chi connectivity index (χ4v) is 4.00. The van der Waals surface area contributed by atoms with E-state index in [0.717, 1.165) is 28.8 Å². The Kier molecular flexibility index (Phi) is 4.72. The molecule has 28 heavy (non-hydrogen) atoms. The highest BCUT2D eigenvalue weighted by Gasteiger charge is 2.36. The Morgan fingerprint density at radius 1 is 1.00 bits per heavy atom. The molecule has 1 aliphatic rings. The number of amides is 1. The predicted molar refractivity (Wildman–Crippen MR) is 114 cm³/mol. The molecular weight excluding hydrogens is 393 g/mol. The quantitative estimate of drug-likeness (QED) is 0.505. The summed E-state index contributed by atoms with van der Waals surface area (Å²) >= 11 is 12.6. The predicted octanol–water partition coefficient (Wildman–Crippen LogP) is 6.15. The molecule has 3 aromatic rings. The van der Waals surface area contributed by atoms with Crippen molar-refractivity contribution < 1.29 is 4.79 Å². The molecule has 0 spiro atoms. The number of nitrogens with zero attached hydrogens (tertiary/aromatic N) is 3. The molecular formula is C22H21Cl2N3O. The average molecular weight is 414 g/mol. The van der Waals surface area contributed by atoms with Crippen LogP contribution in [0, 0.1) is 0 Å². The molecule has 1 amide bonds. The normalized spacial score (nSPS) is 14.3. The lowest BCUT2D eigenvalue weighted by Gasteiger charge is -2.38. The van der Waals surface area contributed by atoms with Crippen LogP contribution in [-0.2, 0) is 6.42 Å². The van der Waals surface area contributed by atoms with Crippen molar-refractivity contribution in [2.75, 3.05) is 6.54 Å². The average Bonchev–Trinajstić information content (AvgIpc) is 3.02. The summed E-state index contributed by atoms with van der Waals surface area (Å²) in [5.74, 6) is 0. The standard InChI is InChI=1S/C22H21Cl2N3O/c1-22(2,3)26-13-12-18-19(14-8-10-15(23)11-9-14)20(25-27(18)21(26)28)16-6-4-5-7-17(16)24/h4-11H,12-13H2,1-3H3. The van der Waals surface area contributed by atoms with Crippen LogP contribution in [0.5, 0.6) is 0 Å². The molecule has 0 aliphatic carbocycles. The second-order valence-electron chi connectivity index (χ2n) is 7.92. The minimum Gasteiger partial charge on any atom is -0.318 e. The second kappa shape index (κ2) is 6.94. The van der Waals surface area contributed by atoms with Crippen molar-refractivity contribution in [3.05, 3.63) is 64.3 Å². The highest BCUT2D eigenvalue weighted by atomic mass is 35.5.